The molecule has 0 radical (unpaired) electrons. The third kappa shape index (κ3) is 3.58. The highest BCUT2D eigenvalue weighted by Gasteiger charge is 2.09. The van der Waals surface area contributed by atoms with Crippen molar-refractivity contribution in [1.82, 2.24) is 9.97 Å². The lowest BCUT2D eigenvalue weighted by molar-refractivity contribution is 0.408. The van der Waals surface area contributed by atoms with E-state index in [1.165, 1.54) is 25.6 Å². The summed E-state index contributed by atoms with van der Waals surface area (Å²) in [6.07, 6.45) is 2.95. The molecule has 0 atom stereocenters. The first-order chi connectivity index (χ1) is 12.0. The van der Waals surface area contributed by atoms with Gasteiger partial charge in [-0.3, -0.25) is 19.6 Å². The van der Waals surface area contributed by atoms with Crippen molar-refractivity contribution in [2.24, 2.45) is 4.99 Å². The number of benzene rings is 1. The number of aromatic amines is 2. The Morgan fingerprint density at radius 1 is 1.28 bits per heavy atom. The molecule has 0 aliphatic rings. The number of aromatic nitrogens is 2. The third-order valence-corrected chi connectivity index (χ3v) is 4.31. The van der Waals surface area contributed by atoms with Gasteiger partial charge in [-0.25, -0.2) is 0 Å². The minimum atomic E-state index is -0.361. The van der Waals surface area contributed by atoms with Crippen molar-refractivity contribution in [3.8, 4) is 11.6 Å². The topological polar surface area (TPSA) is 108 Å². The predicted molar refractivity (Wildman–Crippen MR) is 104 cm³/mol. The lowest BCUT2D eigenvalue weighted by Crippen LogP contribution is -2.08. The summed E-state index contributed by atoms with van der Waals surface area (Å²) in [6.45, 7) is 0.212. The molecule has 128 valence electrons. The van der Waals surface area contributed by atoms with Crippen molar-refractivity contribution >= 4 is 39.6 Å². The number of rotatable bonds is 4. The van der Waals surface area contributed by atoms with E-state index in [4.69, 9.17) is 4.74 Å². The number of ether oxygens (including phenoxy) is 1. The maximum absolute atomic E-state index is 11.9. The Kier molecular flexibility index (Phi) is 4.88. The Bertz CT molecular complexity index is 1090. The molecule has 2 aromatic heterocycles. The van der Waals surface area contributed by atoms with Gasteiger partial charge in [0.15, 0.2) is 5.75 Å². The van der Waals surface area contributed by atoms with E-state index >= 15 is 0 Å². The normalized spacial score (nSPS) is 11.3. The number of methoxy groups -OCH3 is 1. The van der Waals surface area contributed by atoms with Crippen LogP contribution in [0, 0.1) is 3.57 Å². The van der Waals surface area contributed by atoms with E-state index in [1.54, 1.807) is 6.07 Å². The summed E-state index contributed by atoms with van der Waals surface area (Å²) in [7, 11) is 1.42. The zero-order valence-corrected chi connectivity index (χ0v) is 15.3. The number of aromatic hydroxyl groups is 1. The van der Waals surface area contributed by atoms with Crippen molar-refractivity contribution in [3.63, 3.8) is 0 Å². The second kappa shape index (κ2) is 7.09. The molecule has 0 saturated carbocycles. The van der Waals surface area contributed by atoms with Crippen LogP contribution >= 0.6 is 22.6 Å². The van der Waals surface area contributed by atoms with E-state index in [1.807, 2.05) is 12.1 Å². The van der Waals surface area contributed by atoms with Gasteiger partial charge >= 0.3 is 0 Å². The molecule has 0 fully saturated rings. The van der Waals surface area contributed by atoms with Crippen molar-refractivity contribution in [3.05, 3.63) is 65.9 Å². The molecule has 0 aliphatic carbocycles. The van der Waals surface area contributed by atoms with E-state index in [-0.39, 0.29) is 29.2 Å². The summed E-state index contributed by atoms with van der Waals surface area (Å²) >= 11 is 2.14. The van der Waals surface area contributed by atoms with E-state index in [0.29, 0.717) is 22.0 Å². The summed E-state index contributed by atoms with van der Waals surface area (Å²) in [5, 5.41) is 11.1. The summed E-state index contributed by atoms with van der Waals surface area (Å²) < 4.78 is 5.84. The molecule has 0 saturated heterocycles. The first-order valence-electron chi connectivity index (χ1n) is 7.29. The molecule has 0 unspecified atom stereocenters. The van der Waals surface area contributed by atoms with Crippen LogP contribution in [0.1, 0.15) is 11.3 Å². The van der Waals surface area contributed by atoms with Crippen LogP contribution in [0.3, 0.4) is 0 Å². The number of hydrogen-bond acceptors (Lipinski definition) is 5. The monoisotopic (exact) mass is 451 g/mol. The minimum Gasteiger partial charge on any atom is -0.494 e. The van der Waals surface area contributed by atoms with Gasteiger partial charge in [-0.1, -0.05) is 0 Å². The molecule has 25 heavy (non-hydrogen) atoms. The maximum Gasteiger partial charge on any atom is 0.258 e. The Morgan fingerprint density at radius 2 is 2.08 bits per heavy atom. The summed E-state index contributed by atoms with van der Waals surface area (Å²) in [6, 6.07) is 6.73. The largest absolute Gasteiger partial charge is 0.494 e. The number of aliphatic imine (C=N–C) groups is 1. The molecule has 0 spiro atoms. The fourth-order valence-electron chi connectivity index (χ4n) is 2.42. The molecule has 3 aromatic rings. The average Bonchev–Trinajstić information content (AvgIpc) is 2.57. The zero-order chi connectivity index (χ0) is 18.0. The van der Waals surface area contributed by atoms with E-state index in [9.17, 15) is 14.7 Å². The molecular weight excluding hydrogens is 437 g/mol. The number of hydrogen-bond donors (Lipinski definition) is 3. The average molecular weight is 451 g/mol. The van der Waals surface area contributed by atoms with Gasteiger partial charge in [0.2, 0.25) is 11.3 Å². The van der Waals surface area contributed by atoms with Crippen LogP contribution in [0.25, 0.3) is 10.8 Å². The Morgan fingerprint density at radius 3 is 2.80 bits per heavy atom. The van der Waals surface area contributed by atoms with E-state index in [2.05, 4.69) is 37.6 Å². The van der Waals surface area contributed by atoms with Gasteiger partial charge in [-0.15, -0.1) is 0 Å². The predicted octanol–water partition coefficient (Wildman–Crippen LogP) is 2.15. The van der Waals surface area contributed by atoms with Crippen molar-refractivity contribution < 1.29 is 9.84 Å². The van der Waals surface area contributed by atoms with Gasteiger partial charge in [-0.2, -0.15) is 0 Å². The fourth-order valence-corrected chi connectivity index (χ4v) is 2.92. The number of H-pyrrole nitrogens is 2. The van der Waals surface area contributed by atoms with Crippen LogP contribution in [0.5, 0.6) is 11.6 Å². The Hall–Kier alpha value is -2.62. The number of nitrogens with one attached hydrogen (secondary N) is 2. The molecule has 2 heterocycles. The van der Waals surface area contributed by atoms with Crippen molar-refractivity contribution in [2.45, 2.75) is 6.54 Å². The van der Waals surface area contributed by atoms with Crippen LogP contribution in [0.2, 0.25) is 0 Å². The van der Waals surface area contributed by atoms with Gasteiger partial charge < -0.3 is 14.8 Å². The first-order valence-corrected chi connectivity index (χ1v) is 8.37. The molecular formula is C17H14IN3O4. The van der Waals surface area contributed by atoms with Gasteiger partial charge in [-0.05, 0) is 40.8 Å². The van der Waals surface area contributed by atoms with Crippen molar-refractivity contribution in [1.29, 1.82) is 0 Å². The van der Waals surface area contributed by atoms with Gasteiger partial charge in [0.1, 0.15) is 0 Å². The van der Waals surface area contributed by atoms with Gasteiger partial charge in [0, 0.05) is 38.5 Å². The van der Waals surface area contributed by atoms with E-state index in [0.717, 1.165) is 3.57 Å². The number of halogens is 1. The van der Waals surface area contributed by atoms with Gasteiger partial charge in [0.25, 0.3) is 5.56 Å². The third-order valence-electron chi connectivity index (χ3n) is 3.64. The zero-order valence-electron chi connectivity index (χ0n) is 13.2. The summed E-state index contributed by atoms with van der Waals surface area (Å²) in [5.74, 6) is -0.0157. The second-order valence-electron chi connectivity index (χ2n) is 5.27. The van der Waals surface area contributed by atoms with Crippen LogP contribution in [-0.4, -0.2) is 28.4 Å². The first kappa shape index (κ1) is 17.2. The van der Waals surface area contributed by atoms with Crippen LogP contribution < -0.4 is 15.7 Å². The second-order valence-corrected chi connectivity index (χ2v) is 6.51. The molecule has 0 bridgehead atoms. The number of nitrogens with zero attached hydrogens (tertiary/aromatic N) is 1. The Labute approximate surface area is 155 Å². The smallest absolute Gasteiger partial charge is 0.258 e. The lowest BCUT2D eigenvalue weighted by Gasteiger charge is -2.05. The Balaban J connectivity index is 1.96. The minimum absolute atomic E-state index is 0.212. The summed E-state index contributed by atoms with van der Waals surface area (Å²) in [4.78, 5) is 33.3. The van der Waals surface area contributed by atoms with Crippen molar-refractivity contribution in [2.75, 3.05) is 7.11 Å². The highest BCUT2D eigenvalue weighted by atomic mass is 127. The van der Waals surface area contributed by atoms with Crippen LogP contribution in [0.4, 0.5) is 0 Å². The number of fused-ring (bicyclic) bond motifs is 1. The lowest BCUT2D eigenvalue weighted by atomic mass is 10.1. The molecule has 3 N–H and O–H groups in total. The molecule has 0 amide bonds. The SMILES string of the molecule is COc1c[nH]c(CN=Cc2c(O)[nH]c(=O)c3ccc(I)cc23)cc1=O. The fraction of sp³-hybridized carbons (Fsp3) is 0.118. The highest BCUT2D eigenvalue weighted by Crippen LogP contribution is 2.22. The standard InChI is InChI=1S/C17H14IN3O4/c1-25-15-8-20-10(5-14(15)22)6-19-7-13-12-4-9(18)2-3-11(12)16(23)21-17(13)24/h2-5,7-8H,6H2,1H3,(H,20,22)(H2,21,23,24). The maximum atomic E-state index is 11.9. The molecule has 8 heteroatoms. The van der Waals surface area contributed by atoms with Crippen LogP contribution in [-0.2, 0) is 6.54 Å². The molecule has 3 rings (SSSR count). The van der Waals surface area contributed by atoms with E-state index < -0.39 is 0 Å². The highest BCUT2D eigenvalue weighted by molar-refractivity contribution is 14.1. The van der Waals surface area contributed by atoms with Crippen LogP contribution in [0.15, 0.2) is 45.0 Å². The molecule has 7 nitrogen and oxygen atoms in total. The van der Waals surface area contributed by atoms with Gasteiger partial charge in [0.05, 0.1) is 19.2 Å². The molecule has 0 aliphatic heterocycles. The number of pyridine rings is 2. The quantitative estimate of drug-likeness (QED) is 0.418. The summed E-state index contributed by atoms with van der Waals surface area (Å²) in [5.41, 5.74) is 0.424. The molecule has 1 aromatic carbocycles.